The first-order valence-electron chi connectivity index (χ1n) is 22.2. The van der Waals surface area contributed by atoms with Crippen molar-refractivity contribution in [3.05, 3.63) is 84.1 Å². The van der Waals surface area contributed by atoms with Crippen molar-refractivity contribution >= 4 is 75.4 Å². The van der Waals surface area contributed by atoms with Gasteiger partial charge in [0.2, 0.25) is 29.5 Å². The highest BCUT2D eigenvalue weighted by Gasteiger charge is 2.62. The molecular weight excluding hydrogens is 849 g/mol. The summed E-state index contributed by atoms with van der Waals surface area (Å²) in [6.45, 7) is 1.70. The molecule has 1 aliphatic carbocycles. The molecule has 1 saturated carbocycles. The summed E-state index contributed by atoms with van der Waals surface area (Å²) < 4.78 is 0. The van der Waals surface area contributed by atoms with E-state index in [4.69, 9.17) is 16.9 Å². The van der Waals surface area contributed by atoms with Crippen molar-refractivity contribution in [1.82, 2.24) is 47.1 Å². The third kappa shape index (κ3) is 9.97. The van der Waals surface area contributed by atoms with Gasteiger partial charge in [0.25, 0.3) is 5.91 Å². The van der Waals surface area contributed by atoms with Gasteiger partial charge in [0, 0.05) is 36.5 Å². The Kier molecular flexibility index (Phi) is 14.0. The molecule has 0 radical (unpaired) electrons. The van der Waals surface area contributed by atoms with Crippen LogP contribution in [0.1, 0.15) is 63.0 Å². The Balaban J connectivity index is 1.27. The molecule has 1 aromatic heterocycles. The van der Waals surface area contributed by atoms with E-state index in [2.05, 4.69) is 42.2 Å². The summed E-state index contributed by atoms with van der Waals surface area (Å²) in [4.78, 5) is 115. The van der Waals surface area contributed by atoms with E-state index in [0.717, 1.165) is 26.6 Å². The molecule has 3 heterocycles. The van der Waals surface area contributed by atoms with Crippen LogP contribution in [0.25, 0.3) is 21.7 Å². The lowest BCUT2D eigenvalue weighted by molar-refractivity contribution is -0.140. The van der Waals surface area contributed by atoms with Gasteiger partial charge in [-0.2, -0.15) is 0 Å². The van der Waals surface area contributed by atoms with Crippen molar-refractivity contribution in [1.29, 1.82) is 5.41 Å². The van der Waals surface area contributed by atoms with Crippen LogP contribution in [-0.2, 0) is 46.4 Å². The standard InChI is InChI=1S/C46H56N12O8/c1-2-31-41(64)58(44(66)56-31)46(16-17-46)42(65)55-34(22-26-14-15-27-9-3-4-10-28(27)21-26)39(62)57-36-40(63)54-35(23-29-24-51-32-12-6-5-11-30(29)32)38(61)53-33(37(47)60)13-7-8-19-52-45(36,25-59)18-20-50-43(48)49/h3-6,9-12,14-15,21,24-25,31,33-36,51-52H,2,7-8,13,16-20,22-23H2,1H3,(H2,47,60)(H,53,61)(H,54,63)(H,55,65)(H,56,66)(H,57,62)(H4,48,49,50)/t31-,33-,34+,35-,36?,45-/m0/s1. The normalized spacial score (nSPS) is 23.8. The number of primary amides is 1. The smallest absolute Gasteiger partial charge is 0.325 e. The lowest BCUT2D eigenvalue weighted by Gasteiger charge is -2.38. The zero-order valence-electron chi connectivity index (χ0n) is 36.5. The maximum Gasteiger partial charge on any atom is 0.325 e. The number of carbonyl (C=O) groups excluding carboxylic acids is 8. The number of hydrogen-bond acceptors (Lipinski definition) is 10. The number of para-hydroxylation sites is 1. The number of nitrogens with zero attached hydrogens (tertiary/aromatic N) is 1. The van der Waals surface area contributed by atoms with E-state index in [1.165, 1.54) is 0 Å². The van der Waals surface area contributed by atoms with Gasteiger partial charge in [-0.05, 0) is 79.5 Å². The molecule has 2 aliphatic heterocycles. The Bertz CT molecular complexity index is 2560. The Morgan fingerprint density at radius 1 is 0.924 bits per heavy atom. The fraction of sp³-hybridized carbons (Fsp3) is 0.413. The summed E-state index contributed by atoms with van der Waals surface area (Å²) in [6, 6.07) is 13.1. The SMILES string of the molecule is CC[C@@H]1NC(=O)N(C2(C(=O)N[C@H](Cc3ccc4ccccc4c3)C(=O)NC3C(=O)N[C@@H](Cc4c[nH]c5ccccc45)C(=O)N[C@H](C(N)=O)CCCCN[C@]3(C=O)CCNC(=N)N)CC2)C1=O. The molecule has 3 fully saturated rings. The van der Waals surface area contributed by atoms with Crippen molar-refractivity contribution in [3.63, 3.8) is 0 Å². The summed E-state index contributed by atoms with van der Waals surface area (Å²) in [7, 11) is 0. The van der Waals surface area contributed by atoms with Crippen LogP contribution >= 0.6 is 0 Å². The minimum Gasteiger partial charge on any atom is -0.370 e. The number of nitrogens with one attached hydrogen (secondary N) is 9. The molecule has 8 amide bonds. The Morgan fingerprint density at radius 3 is 2.36 bits per heavy atom. The predicted molar refractivity (Wildman–Crippen MR) is 243 cm³/mol. The Hall–Kier alpha value is -7.35. The van der Waals surface area contributed by atoms with E-state index in [9.17, 15) is 28.8 Å². The number of amides is 8. The maximum atomic E-state index is 15.0. The fourth-order valence-corrected chi connectivity index (χ4v) is 8.90. The third-order valence-electron chi connectivity index (χ3n) is 12.8. The van der Waals surface area contributed by atoms with Crippen LogP contribution in [0.2, 0.25) is 0 Å². The largest absolute Gasteiger partial charge is 0.370 e. The van der Waals surface area contributed by atoms with Gasteiger partial charge in [-0.1, -0.05) is 67.6 Å². The zero-order chi connectivity index (χ0) is 47.2. The van der Waals surface area contributed by atoms with Crippen LogP contribution in [0.15, 0.2) is 72.9 Å². The molecule has 3 aromatic carbocycles. The minimum absolute atomic E-state index is 0.0844. The molecule has 3 aliphatic rings. The van der Waals surface area contributed by atoms with Gasteiger partial charge < -0.3 is 58.5 Å². The predicted octanol–water partition coefficient (Wildman–Crippen LogP) is -0.0218. The average Bonchev–Trinajstić information content (AvgIpc) is 3.91. The van der Waals surface area contributed by atoms with Gasteiger partial charge in [-0.15, -0.1) is 0 Å². The Morgan fingerprint density at radius 2 is 1.67 bits per heavy atom. The molecule has 4 aromatic rings. The van der Waals surface area contributed by atoms with Crippen LogP contribution in [-0.4, -0.2) is 118 Å². The van der Waals surface area contributed by atoms with E-state index in [1.807, 2.05) is 60.7 Å². The molecule has 1 unspecified atom stereocenters. The number of imide groups is 1. The summed E-state index contributed by atoms with van der Waals surface area (Å²) in [5, 5.41) is 29.8. The molecule has 20 heteroatoms. The quantitative estimate of drug-likeness (QED) is 0.0326. The number of benzene rings is 3. The molecule has 66 heavy (non-hydrogen) atoms. The van der Waals surface area contributed by atoms with Gasteiger partial charge in [0.15, 0.2) is 5.96 Å². The van der Waals surface area contributed by atoms with Gasteiger partial charge in [0.1, 0.15) is 47.6 Å². The Labute approximate surface area is 380 Å². The molecule has 2 saturated heterocycles. The van der Waals surface area contributed by atoms with Crippen LogP contribution in [0.5, 0.6) is 0 Å². The fourth-order valence-electron chi connectivity index (χ4n) is 8.90. The number of rotatable bonds is 15. The summed E-state index contributed by atoms with van der Waals surface area (Å²) in [5.74, 6) is -5.13. The molecule has 20 nitrogen and oxygen atoms in total. The second-order valence-corrected chi connectivity index (χ2v) is 17.2. The molecule has 348 valence electrons. The topological polar surface area (TPSA) is 316 Å². The molecule has 0 spiro atoms. The van der Waals surface area contributed by atoms with Crippen molar-refractivity contribution in [2.24, 2.45) is 11.5 Å². The monoisotopic (exact) mass is 904 g/mol. The number of aromatic nitrogens is 1. The molecule has 6 atom stereocenters. The second-order valence-electron chi connectivity index (χ2n) is 17.2. The van der Waals surface area contributed by atoms with Crippen LogP contribution < -0.4 is 48.7 Å². The van der Waals surface area contributed by atoms with E-state index in [1.54, 1.807) is 19.2 Å². The summed E-state index contributed by atoms with van der Waals surface area (Å²) in [6.07, 6.45) is 3.19. The highest BCUT2D eigenvalue weighted by Crippen LogP contribution is 2.44. The number of carbonyl (C=O) groups is 8. The number of urea groups is 1. The van der Waals surface area contributed by atoms with Gasteiger partial charge in [-0.25, -0.2) is 9.69 Å². The highest BCUT2D eigenvalue weighted by atomic mass is 16.2. The number of guanidine groups is 1. The van der Waals surface area contributed by atoms with Gasteiger partial charge in [-0.3, -0.25) is 34.2 Å². The number of aldehydes is 1. The summed E-state index contributed by atoms with van der Waals surface area (Å²) >= 11 is 0. The van der Waals surface area contributed by atoms with E-state index < -0.39 is 88.7 Å². The summed E-state index contributed by atoms with van der Waals surface area (Å²) in [5.41, 5.74) is 9.87. The number of fused-ring (bicyclic) bond motifs is 2. The van der Waals surface area contributed by atoms with Gasteiger partial charge in [0.05, 0.1) is 0 Å². The number of aromatic amines is 1. The highest BCUT2D eigenvalue weighted by molar-refractivity contribution is 6.10. The maximum absolute atomic E-state index is 15.0. The number of hydrogen-bond donors (Lipinski definition) is 11. The molecule has 13 N–H and O–H groups in total. The van der Waals surface area contributed by atoms with E-state index >= 15 is 9.59 Å². The van der Waals surface area contributed by atoms with Gasteiger partial charge >= 0.3 is 6.03 Å². The number of H-pyrrole nitrogens is 1. The van der Waals surface area contributed by atoms with E-state index in [0.29, 0.717) is 36.7 Å². The zero-order valence-corrected chi connectivity index (χ0v) is 36.5. The first-order valence-corrected chi connectivity index (χ1v) is 22.2. The van der Waals surface area contributed by atoms with Crippen LogP contribution in [0.3, 0.4) is 0 Å². The molecule has 7 rings (SSSR count). The first-order chi connectivity index (χ1) is 31.7. The van der Waals surface area contributed by atoms with Crippen molar-refractivity contribution in [2.75, 3.05) is 13.1 Å². The average molecular weight is 905 g/mol. The lowest BCUT2D eigenvalue weighted by atomic mass is 9.85. The van der Waals surface area contributed by atoms with Crippen molar-refractivity contribution < 1.29 is 38.4 Å². The number of nitrogens with two attached hydrogens (primary N) is 2. The lowest BCUT2D eigenvalue weighted by Crippen LogP contribution is -2.70. The molecular formula is C46H56N12O8. The van der Waals surface area contributed by atoms with Crippen LogP contribution in [0.4, 0.5) is 4.79 Å². The van der Waals surface area contributed by atoms with Crippen molar-refractivity contribution in [3.8, 4) is 0 Å². The van der Waals surface area contributed by atoms with Crippen LogP contribution in [0, 0.1) is 5.41 Å². The first kappa shape index (κ1) is 46.6. The molecule has 0 bridgehead atoms. The third-order valence-corrected chi connectivity index (χ3v) is 12.8. The second kappa shape index (κ2) is 19.8. The minimum atomic E-state index is -1.93. The van der Waals surface area contributed by atoms with Crippen molar-refractivity contribution in [2.45, 2.75) is 106 Å². The van der Waals surface area contributed by atoms with E-state index in [-0.39, 0.29) is 51.6 Å².